The topological polar surface area (TPSA) is 0 Å². The molecule has 0 radical (unpaired) electrons. The summed E-state index contributed by atoms with van der Waals surface area (Å²) >= 11 is 2.21. The first-order valence-corrected chi connectivity index (χ1v) is 3.58. The van der Waals surface area contributed by atoms with Crippen LogP contribution < -0.4 is 0 Å². The molecule has 0 N–H and O–H groups in total. The van der Waals surface area contributed by atoms with E-state index in [0.717, 1.165) is 0 Å². The van der Waals surface area contributed by atoms with Crippen LogP contribution >= 0.6 is 30.3 Å². The molecule has 0 aromatic rings. The van der Waals surface area contributed by atoms with Gasteiger partial charge in [-0.3, -0.25) is 0 Å². The minimum absolute atomic E-state index is 1.36. The molecule has 0 aliphatic carbocycles. The molecule has 0 bridgehead atoms. The van der Waals surface area contributed by atoms with Crippen LogP contribution in [0.2, 0.25) is 0 Å². The van der Waals surface area contributed by atoms with Gasteiger partial charge in [0.25, 0.3) is 0 Å². The van der Waals surface area contributed by atoms with Crippen molar-refractivity contribution in [2.75, 3.05) is 0 Å². The van der Waals surface area contributed by atoms with Gasteiger partial charge in [-0.15, -0.1) is 0 Å². The summed E-state index contributed by atoms with van der Waals surface area (Å²) in [6, 6.07) is 0. The van der Waals surface area contributed by atoms with E-state index in [-0.39, 0.29) is 0 Å². The van der Waals surface area contributed by atoms with Crippen molar-refractivity contribution in [2.24, 2.45) is 0 Å². The van der Waals surface area contributed by atoms with Gasteiger partial charge in [0, 0.05) is 0 Å². The third-order valence-corrected chi connectivity index (χ3v) is 1.96. The van der Waals surface area contributed by atoms with E-state index in [1.807, 2.05) is 0 Å². The molecular formula is H2B2IP. The third-order valence-electron chi connectivity index (χ3n) is 0.0976. The summed E-state index contributed by atoms with van der Waals surface area (Å²) in [6.45, 7) is 0. The predicted molar refractivity (Wildman–Crippen MR) is 35.2 cm³/mol. The maximum absolute atomic E-state index is 2.21. The zero-order valence-electron chi connectivity index (χ0n) is 2.40. The SMILES string of the molecule is BP=BI. The van der Waals surface area contributed by atoms with Crippen LogP contribution in [-0.4, -0.2) is 12.0 Å². The average molecular weight is 182 g/mol. The molecule has 0 saturated heterocycles. The Morgan fingerprint density at radius 1 is 2.00 bits per heavy atom. The van der Waals surface area contributed by atoms with Crippen LogP contribution in [0.15, 0.2) is 0 Å². The fraction of sp³-hybridized carbons (Fsp3) is 0. The molecule has 0 spiro atoms. The second-order valence-electron chi connectivity index (χ2n) is 0.356. The van der Waals surface area contributed by atoms with Gasteiger partial charge in [-0.2, -0.15) is 0 Å². The van der Waals surface area contributed by atoms with Gasteiger partial charge in [0.15, 0.2) is 0 Å². The monoisotopic (exact) mass is 182 g/mol. The molecule has 0 atom stereocenters. The van der Waals surface area contributed by atoms with Crippen molar-refractivity contribution in [2.45, 2.75) is 0 Å². The Labute approximate surface area is 42.6 Å². The summed E-state index contributed by atoms with van der Waals surface area (Å²) in [7, 11) is 3.45. The van der Waals surface area contributed by atoms with E-state index in [9.17, 15) is 0 Å². The normalized spacial score (nSPS) is 7.25. The Morgan fingerprint density at radius 2 is 2.25 bits per heavy atom. The third kappa shape index (κ3) is 3.16. The Hall–Kier alpha value is 1.16. The Bertz CT molecular complexity index is 21.2. The van der Waals surface area contributed by atoms with Crippen LogP contribution in [0.4, 0.5) is 0 Å². The quantitative estimate of drug-likeness (QED) is 0.289. The Morgan fingerprint density at radius 3 is 2.25 bits per heavy atom. The van der Waals surface area contributed by atoms with Gasteiger partial charge in [0.1, 0.15) is 0 Å². The Balaban J connectivity index is 2.55. The van der Waals surface area contributed by atoms with Gasteiger partial charge >= 0.3 is 42.4 Å². The molecule has 0 aromatic heterocycles. The van der Waals surface area contributed by atoms with Gasteiger partial charge in [-0.1, -0.05) is 0 Å². The van der Waals surface area contributed by atoms with Gasteiger partial charge in [0.2, 0.25) is 0 Å². The standard InChI is InChI=1S/B2H2IP/c1-4-2-3/h1H2. The second kappa shape index (κ2) is 4.16. The van der Waals surface area contributed by atoms with Crippen molar-refractivity contribution in [1.82, 2.24) is 0 Å². The molecule has 0 fully saturated rings. The molecular weight excluding hydrogens is 180 g/mol. The maximum atomic E-state index is 2.21. The fourth-order valence-electron chi connectivity index (χ4n) is 0. The zero-order chi connectivity index (χ0) is 3.41. The molecule has 0 aromatic carbocycles. The summed E-state index contributed by atoms with van der Waals surface area (Å²) in [5.74, 6) is 0. The summed E-state index contributed by atoms with van der Waals surface area (Å²) in [4.78, 5) is 0. The summed E-state index contributed by atoms with van der Waals surface area (Å²) < 4.78 is 2.07. The van der Waals surface area contributed by atoms with Crippen molar-refractivity contribution in [1.29, 1.82) is 0 Å². The van der Waals surface area contributed by atoms with Crippen LogP contribution in [0.3, 0.4) is 0 Å². The molecule has 0 nitrogen and oxygen atoms in total. The summed E-state index contributed by atoms with van der Waals surface area (Å²) in [6.07, 6.45) is 0. The molecule has 0 rings (SSSR count). The minimum atomic E-state index is 1.36. The molecule has 4 heavy (non-hydrogen) atoms. The van der Waals surface area contributed by atoms with E-state index >= 15 is 0 Å². The number of hydrogen-bond donors (Lipinski definition) is 0. The van der Waals surface area contributed by atoms with Crippen molar-refractivity contribution < 1.29 is 0 Å². The molecule has 4 heteroatoms. The molecule has 0 heterocycles. The van der Waals surface area contributed by atoms with E-state index in [2.05, 4.69) is 34.4 Å². The van der Waals surface area contributed by atoms with Crippen LogP contribution in [-0.2, 0) is 0 Å². The molecule has 0 saturated carbocycles. The van der Waals surface area contributed by atoms with Crippen molar-refractivity contribution in [3.05, 3.63) is 0 Å². The van der Waals surface area contributed by atoms with Crippen molar-refractivity contribution >= 4 is 42.4 Å². The van der Waals surface area contributed by atoms with E-state index in [4.69, 9.17) is 0 Å². The zero-order valence-corrected chi connectivity index (χ0v) is 5.45. The molecule has 0 unspecified atom stereocenters. The molecule has 0 aliphatic rings. The van der Waals surface area contributed by atoms with Crippen LogP contribution in [0.1, 0.15) is 0 Å². The molecule has 0 aliphatic heterocycles. The van der Waals surface area contributed by atoms with Gasteiger partial charge < -0.3 is 0 Å². The number of halogens is 1. The van der Waals surface area contributed by atoms with E-state index < -0.39 is 0 Å². The van der Waals surface area contributed by atoms with Crippen molar-refractivity contribution in [3.8, 4) is 0 Å². The number of rotatable bonds is 0. The molecule has 0 amide bonds. The number of hydrogen-bond acceptors (Lipinski definition) is 0. The molecule has 20 valence electrons. The summed E-state index contributed by atoms with van der Waals surface area (Å²) in [5, 5.41) is 0. The summed E-state index contributed by atoms with van der Waals surface area (Å²) in [5.41, 5.74) is 0. The predicted octanol–water partition coefficient (Wildman–Crippen LogP) is 0.450. The first-order chi connectivity index (χ1) is 1.91. The van der Waals surface area contributed by atoms with Crippen LogP contribution in [0.5, 0.6) is 0 Å². The van der Waals surface area contributed by atoms with E-state index in [1.54, 1.807) is 0 Å². The fourth-order valence-corrected chi connectivity index (χ4v) is 0. The van der Waals surface area contributed by atoms with Crippen LogP contribution in [0, 0.1) is 0 Å². The Kier molecular flexibility index (Phi) is 5.37. The van der Waals surface area contributed by atoms with Gasteiger partial charge in [-0.25, -0.2) is 0 Å². The second-order valence-corrected chi connectivity index (χ2v) is 2.74. The van der Waals surface area contributed by atoms with Gasteiger partial charge in [-0.05, 0) is 0 Å². The average Bonchev–Trinajstić information content (AvgIpc) is 1.37. The van der Waals surface area contributed by atoms with Gasteiger partial charge in [0.05, 0.1) is 0 Å². The first-order valence-electron chi connectivity index (χ1n) is 0.924. The van der Waals surface area contributed by atoms with E-state index in [1.165, 1.54) is 7.95 Å². The van der Waals surface area contributed by atoms with E-state index in [0.29, 0.717) is 0 Å². The first kappa shape index (κ1) is 5.16. The van der Waals surface area contributed by atoms with Crippen LogP contribution in [0.25, 0.3) is 0 Å². The van der Waals surface area contributed by atoms with Crippen molar-refractivity contribution in [3.63, 3.8) is 0 Å².